The van der Waals surface area contributed by atoms with Gasteiger partial charge in [-0.1, -0.05) is 0 Å². The molecule has 0 saturated carbocycles. The number of alkyl halides is 3. The third kappa shape index (κ3) is 12.4. The standard InChI is InChI=1S/C14H23F3N4O3S2.HI/c1-3-18-13(20-6-7-24-8-9-26(2,22)23)19-5-4-12-21-11(10-25-12)14(15,16)17;/h10H,3-9H2,1-2H3,(H2,18,19,20);1H. The summed E-state index contributed by atoms with van der Waals surface area (Å²) in [7, 11) is -3.04. The normalized spacial score (nSPS) is 12.6. The molecule has 0 aliphatic rings. The molecule has 0 atom stereocenters. The van der Waals surface area contributed by atoms with E-state index in [-0.39, 0.29) is 42.9 Å². The average molecular weight is 544 g/mol. The molecule has 0 unspecified atom stereocenters. The van der Waals surface area contributed by atoms with Crippen LogP contribution in [0.5, 0.6) is 0 Å². The molecule has 1 aromatic heterocycles. The lowest BCUT2D eigenvalue weighted by atomic mass is 10.4. The summed E-state index contributed by atoms with van der Waals surface area (Å²) in [4.78, 5) is 7.81. The van der Waals surface area contributed by atoms with Crippen molar-refractivity contribution >= 4 is 51.1 Å². The minimum Gasteiger partial charge on any atom is -0.378 e. The summed E-state index contributed by atoms with van der Waals surface area (Å²) in [6, 6.07) is 0. The van der Waals surface area contributed by atoms with Crippen LogP contribution >= 0.6 is 35.3 Å². The van der Waals surface area contributed by atoms with E-state index in [4.69, 9.17) is 4.74 Å². The molecule has 0 aromatic carbocycles. The van der Waals surface area contributed by atoms with Crippen molar-refractivity contribution in [1.29, 1.82) is 0 Å². The first-order valence-electron chi connectivity index (χ1n) is 7.91. The SMILES string of the molecule is CCNC(=NCCOCCS(C)(=O)=O)NCCc1nc(C(F)(F)F)cs1.I. The lowest BCUT2D eigenvalue weighted by Crippen LogP contribution is -2.38. The van der Waals surface area contributed by atoms with E-state index in [1.807, 2.05) is 6.92 Å². The van der Waals surface area contributed by atoms with Crippen LogP contribution in [0.3, 0.4) is 0 Å². The Morgan fingerprint density at radius 2 is 2.04 bits per heavy atom. The molecule has 1 aromatic rings. The van der Waals surface area contributed by atoms with E-state index >= 15 is 0 Å². The molecule has 0 aliphatic heterocycles. The quantitative estimate of drug-likeness (QED) is 0.203. The van der Waals surface area contributed by atoms with Crippen LogP contribution < -0.4 is 10.6 Å². The van der Waals surface area contributed by atoms with E-state index in [0.717, 1.165) is 23.0 Å². The maximum absolute atomic E-state index is 12.5. The highest BCUT2D eigenvalue weighted by Crippen LogP contribution is 2.29. The second-order valence-electron chi connectivity index (χ2n) is 5.30. The Kier molecular flexibility index (Phi) is 12.4. The number of ether oxygens (including phenoxy) is 1. The van der Waals surface area contributed by atoms with Crippen LogP contribution in [0.15, 0.2) is 10.4 Å². The number of thiazole rings is 1. The molecule has 0 amide bonds. The van der Waals surface area contributed by atoms with E-state index in [0.29, 0.717) is 37.0 Å². The second-order valence-corrected chi connectivity index (χ2v) is 8.51. The van der Waals surface area contributed by atoms with Crippen molar-refractivity contribution in [3.05, 3.63) is 16.1 Å². The summed E-state index contributed by atoms with van der Waals surface area (Å²) < 4.78 is 64.6. The number of nitrogens with one attached hydrogen (secondary N) is 2. The molecule has 0 bridgehead atoms. The highest BCUT2D eigenvalue weighted by atomic mass is 127. The molecule has 1 heterocycles. The number of nitrogens with zero attached hydrogens (tertiary/aromatic N) is 2. The smallest absolute Gasteiger partial charge is 0.378 e. The van der Waals surface area contributed by atoms with Gasteiger partial charge in [0.15, 0.2) is 11.7 Å². The topological polar surface area (TPSA) is 92.7 Å². The number of rotatable bonds is 10. The Hall–Kier alpha value is -0.670. The fourth-order valence-corrected chi connectivity index (χ4v) is 2.95. The third-order valence-corrected chi connectivity index (χ3v) is 4.74. The fraction of sp³-hybridized carbons (Fsp3) is 0.714. The van der Waals surface area contributed by atoms with Crippen LogP contribution in [0.2, 0.25) is 0 Å². The van der Waals surface area contributed by atoms with Gasteiger partial charge in [-0.05, 0) is 6.92 Å². The van der Waals surface area contributed by atoms with Gasteiger partial charge < -0.3 is 15.4 Å². The third-order valence-electron chi connectivity index (χ3n) is 2.92. The molecule has 13 heteroatoms. The zero-order chi connectivity index (χ0) is 19.6. The van der Waals surface area contributed by atoms with Crippen molar-refractivity contribution < 1.29 is 26.3 Å². The van der Waals surface area contributed by atoms with E-state index in [1.54, 1.807) is 0 Å². The van der Waals surface area contributed by atoms with Gasteiger partial charge in [-0.15, -0.1) is 35.3 Å². The van der Waals surface area contributed by atoms with Gasteiger partial charge in [0.25, 0.3) is 0 Å². The van der Waals surface area contributed by atoms with Gasteiger partial charge in [-0.2, -0.15) is 13.2 Å². The lowest BCUT2D eigenvalue weighted by molar-refractivity contribution is -0.140. The molecule has 0 saturated heterocycles. The molecule has 27 heavy (non-hydrogen) atoms. The second kappa shape index (κ2) is 12.7. The van der Waals surface area contributed by atoms with Crippen molar-refractivity contribution in [3.8, 4) is 0 Å². The van der Waals surface area contributed by atoms with Gasteiger partial charge >= 0.3 is 6.18 Å². The molecule has 0 aliphatic carbocycles. The van der Waals surface area contributed by atoms with Gasteiger partial charge in [0, 0.05) is 31.1 Å². The first kappa shape index (κ1) is 26.3. The van der Waals surface area contributed by atoms with Crippen molar-refractivity contribution in [1.82, 2.24) is 15.6 Å². The Labute approximate surface area is 178 Å². The van der Waals surface area contributed by atoms with Crippen LogP contribution in [0.25, 0.3) is 0 Å². The van der Waals surface area contributed by atoms with Gasteiger partial charge in [-0.25, -0.2) is 13.4 Å². The number of aromatic nitrogens is 1. The van der Waals surface area contributed by atoms with Gasteiger partial charge in [0.1, 0.15) is 9.84 Å². The summed E-state index contributed by atoms with van der Waals surface area (Å²) in [6.45, 7) is 3.60. The monoisotopic (exact) mass is 544 g/mol. The van der Waals surface area contributed by atoms with Gasteiger partial charge in [-0.3, -0.25) is 4.99 Å². The molecule has 0 radical (unpaired) electrons. The minimum atomic E-state index is -4.42. The highest BCUT2D eigenvalue weighted by molar-refractivity contribution is 14.0. The number of sulfone groups is 1. The van der Waals surface area contributed by atoms with E-state index in [2.05, 4.69) is 20.6 Å². The van der Waals surface area contributed by atoms with Crippen molar-refractivity contribution in [2.24, 2.45) is 4.99 Å². The zero-order valence-electron chi connectivity index (χ0n) is 15.0. The van der Waals surface area contributed by atoms with Crippen LogP contribution in [0.4, 0.5) is 13.2 Å². The maximum atomic E-state index is 12.5. The zero-order valence-corrected chi connectivity index (χ0v) is 19.0. The minimum absolute atomic E-state index is 0. The predicted molar refractivity (Wildman–Crippen MR) is 111 cm³/mol. The van der Waals surface area contributed by atoms with Crippen LogP contribution in [0.1, 0.15) is 17.6 Å². The summed E-state index contributed by atoms with van der Waals surface area (Å²) in [5.74, 6) is 0.467. The molecular weight excluding hydrogens is 520 g/mol. The van der Waals surface area contributed by atoms with E-state index in [1.165, 1.54) is 0 Å². The Bertz CT molecular complexity index is 681. The Morgan fingerprint density at radius 1 is 1.33 bits per heavy atom. The summed E-state index contributed by atoms with van der Waals surface area (Å²) in [5, 5.41) is 7.40. The highest BCUT2D eigenvalue weighted by Gasteiger charge is 2.33. The van der Waals surface area contributed by atoms with Gasteiger partial charge in [0.2, 0.25) is 0 Å². The average Bonchev–Trinajstić information content (AvgIpc) is 2.98. The maximum Gasteiger partial charge on any atom is 0.434 e. The predicted octanol–water partition coefficient (Wildman–Crippen LogP) is 1.94. The van der Waals surface area contributed by atoms with Crippen LogP contribution in [-0.2, 0) is 27.2 Å². The van der Waals surface area contributed by atoms with Gasteiger partial charge in [0.05, 0.1) is 30.5 Å². The van der Waals surface area contributed by atoms with Crippen LogP contribution in [-0.4, -0.2) is 64.2 Å². The molecule has 7 nitrogen and oxygen atoms in total. The first-order valence-corrected chi connectivity index (χ1v) is 10.8. The number of hydrogen-bond donors (Lipinski definition) is 2. The number of hydrogen-bond acceptors (Lipinski definition) is 6. The molecule has 2 N–H and O–H groups in total. The summed E-state index contributed by atoms with van der Waals surface area (Å²) in [6.07, 6.45) is -2.94. The van der Waals surface area contributed by atoms with Crippen molar-refractivity contribution in [3.63, 3.8) is 0 Å². The number of aliphatic imine (C=N–C) groups is 1. The molecule has 1 rings (SSSR count). The van der Waals surface area contributed by atoms with Crippen molar-refractivity contribution in [2.45, 2.75) is 19.5 Å². The Balaban J connectivity index is 0.00000676. The lowest BCUT2D eigenvalue weighted by Gasteiger charge is -2.10. The van der Waals surface area contributed by atoms with Crippen molar-refractivity contribution in [2.75, 3.05) is 44.9 Å². The summed E-state index contributed by atoms with van der Waals surface area (Å²) in [5.41, 5.74) is -0.871. The summed E-state index contributed by atoms with van der Waals surface area (Å²) >= 11 is 0.970. The largest absolute Gasteiger partial charge is 0.434 e. The van der Waals surface area contributed by atoms with Crippen LogP contribution in [0, 0.1) is 0 Å². The Morgan fingerprint density at radius 3 is 2.59 bits per heavy atom. The fourth-order valence-electron chi connectivity index (χ4n) is 1.72. The number of halogens is 4. The first-order chi connectivity index (χ1) is 12.1. The molecule has 0 spiro atoms. The molecular formula is C14H24F3IN4O3S2. The van der Waals surface area contributed by atoms with E-state index < -0.39 is 21.7 Å². The molecule has 158 valence electrons. The number of guanidine groups is 1. The molecule has 0 fully saturated rings. The van der Waals surface area contributed by atoms with E-state index in [9.17, 15) is 21.6 Å².